The topological polar surface area (TPSA) is 62.9 Å². The molecule has 0 saturated heterocycles. The zero-order valence-electron chi connectivity index (χ0n) is 14.1. The van der Waals surface area contributed by atoms with Crippen molar-refractivity contribution in [2.75, 3.05) is 0 Å². The summed E-state index contributed by atoms with van der Waals surface area (Å²) in [6.45, 7) is 0. The Kier molecular flexibility index (Phi) is 4.34. The number of nitrogens with zero attached hydrogens (tertiary/aromatic N) is 2. The second-order valence-corrected chi connectivity index (χ2v) is 6.93. The van der Waals surface area contributed by atoms with E-state index in [1.807, 2.05) is 6.07 Å². The van der Waals surface area contributed by atoms with Crippen LogP contribution in [0.1, 0.15) is 20.8 Å². The van der Waals surface area contributed by atoms with Crippen LogP contribution < -0.4 is 5.56 Å². The molecular weight excluding hydrogens is 382 g/mol. The minimum Gasteiger partial charge on any atom is -0.288 e. The number of pyridine rings is 1. The lowest BCUT2D eigenvalue weighted by atomic mass is 10.0. The average Bonchev–Trinajstić information content (AvgIpc) is 3.06. The highest BCUT2D eigenvalue weighted by molar-refractivity contribution is 7.19. The zero-order valence-corrected chi connectivity index (χ0v) is 15.0. The van der Waals surface area contributed by atoms with Crippen molar-refractivity contribution in [1.29, 1.82) is 5.26 Å². The van der Waals surface area contributed by atoms with Crippen molar-refractivity contribution in [3.63, 3.8) is 0 Å². The molecule has 0 fully saturated rings. The van der Waals surface area contributed by atoms with E-state index in [1.54, 1.807) is 30.3 Å². The third-order valence-electron chi connectivity index (χ3n) is 4.26. The van der Waals surface area contributed by atoms with Crippen LogP contribution in [0.4, 0.5) is 8.78 Å². The van der Waals surface area contributed by atoms with Crippen LogP contribution in [0, 0.1) is 23.0 Å². The fourth-order valence-electron chi connectivity index (χ4n) is 3.02. The standard InChI is InChI=1S/C21H10F2N2O2S/c22-12-6-7-14(16(23)10-12)20(27)19-15-8-9-18(26)25(13-4-2-1-3-5-13)21(15)28-17(19)11-24/h1-10H. The lowest BCUT2D eigenvalue weighted by molar-refractivity contribution is 0.103. The van der Waals surface area contributed by atoms with E-state index in [1.165, 1.54) is 16.7 Å². The minimum absolute atomic E-state index is 0.00214. The first kappa shape index (κ1) is 17.8. The number of hydrogen-bond acceptors (Lipinski definition) is 4. The Hall–Kier alpha value is -3.63. The third-order valence-corrected chi connectivity index (χ3v) is 5.36. The van der Waals surface area contributed by atoms with Crippen molar-refractivity contribution < 1.29 is 13.6 Å². The van der Waals surface area contributed by atoms with E-state index in [9.17, 15) is 23.6 Å². The van der Waals surface area contributed by atoms with Gasteiger partial charge in [0.2, 0.25) is 0 Å². The van der Waals surface area contributed by atoms with Gasteiger partial charge in [0.1, 0.15) is 27.4 Å². The third kappa shape index (κ3) is 2.80. The number of rotatable bonds is 3. The summed E-state index contributed by atoms with van der Waals surface area (Å²) in [6, 6.07) is 16.1. The maximum atomic E-state index is 14.1. The lowest BCUT2D eigenvalue weighted by Gasteiger charge is -2.07. The minimum atomic E-state index is -1.01. The molecule has 0 atom stereocenters. The molecule has 0 aliphatic rings. The van der Waals surface area contributed by atoms with Crippen molar-refractivity contribution in [2.24, 2.45) is 0 Å². The Morgan fingerprint density at radius 3 is 2.46 bits per heavy atom. The fraction of sp³-hybridized carbons (Fsp3) is 0. The molecule has 2 heterocycles. The predicted octanol–water partition coefficient (Wildman–Crippen LogP) is 4.43. The molecule has 2 aromatic carbocycles. The normalized spacial score (nSPS) is 10.8. The van der Waals surface area contributed by atoms with Gasteiger partial charge in [-0.05, 0) is 30.3 Å². The van der Waals surface area contributed by atoms with Gasteiger partial charge in [0.15, 0.2) is 5.78 Å². The molecule has 4 aromatic rings. The van der Waals surface area contributed by atoms with Gasteiger partial charge in [0.05, 0.1) is 16.8 Å². The van der Waals surface area contributed by atoms with Gasteiger partial charge in [-0.1, -0.05) is 18.2 Å². The van der Waals surface area contributed by atoms with Crippen molar-refractivity contribution >= 4 is 27.3 Å². The molecule has 2 aromatic heterocycles. The highest BCUT2D eigenvalue weighted by atomic mass is 32.1. The van der Waals surface area contributed by atoms with E-state index in [0.717, 1.165) is 23.5 Å². The van der Waals surface area contributed by atoms with E-state index in [4.69, 9.17) is 0 Å². The summed E-state index contributed by atoms with van der Waals surface area (Å²) in [4.78, 5) is 25.9. The molecule has 136 valence electrons. The first-order valence-electron chi connectivity index (χ1n) is 8.15. The number of ketones is 1. The molecule has 0 N–H and O–H groups in total. The molecule has 4 rings (SSSR count). The van der Waals surface area contributed by atoms with Crippen molar-refractivity contribution in [1.82, 2.24) is 4.57 Å². The Labute approximate surface area is 161 Å². The van der Waals surface area contributed by atoms with Gasteiger partial charge in [-0.25, -0.2) is 8.78 Å². The second kappa shape index (κ2) is 6.83. The Morgan fingerprint density at radius 1 is 1.04 bits per heavy atom. The van der Waals surface area contributed by atoms with Gasteiger partial charge in [-0.2, -0.15) is 5.26 Å². The van der Waals surface area contributed by atoms with Crippen molar-refractivity contribution in [2.45, 2.75) is 0 Å². The van der Waals surface area contributed by atoms with Gasteiger partial charge < -0.3 is 0 Å². The summed E-state index contributed by atoms with van der Waals surface area (Å²) in [6.07, 6.45) is 0. The number of halogens is 2. The molecule has 0 bridgehead atoms. The maximum Gasteiger partial charge on any atom is 0.256 e. The van der Waals surface area contributed by atoms with Crippen LogP contribution in [0.3, 0.4) is 0 Å². The van der Waals surface area contributed by atoms with Crippen LogP contribution >= 0.6 is 11.3 Å². The average molecular weight is 392 g/mol. The molecule has 4 nitrogen and oxygen atoms in total. The van der Waals surface area contributed by atoms with Gasteiger partial charge >= 0.3 is 0 Å². The summed E-state index contributed by atoms with van der Waals surface area (Å²) in [7, 11) is 0. The summed E-state index contributed by atoms with van der Waals surface area (Å²) in [5, 5.41) is 9.89. The molecule has 0 saturated carbocycles. The van der Waals surface area contributed by atoms with Crippen molar-refractivity contribution in [3.05, 3.63) is 98.7 Å². The number of benzene rings is 2. The largest absolute Gasteiger partial charge is 0.288 e. The molecule has 0 unspecified atom stereocenters. The van der Waals surface area contributed by atoms with E-state index in [2.05, 4.69) is 0 Å². The number of nitriles is 1. The van der Waals surface area contributed by atoms with Gasteiger partial charge in [0.25, 0.3) is 5.56 Å². The molecule has 0 radical (unpaired) electrons. The number of aromatic nitrogens is 1. The quantitative estimate of drug-likeness (QED) is 0.485. The summed E-state index contributed by atoms with van der Waals surface area (Å²) in [5.74, 6) is -2.55. The second-order valence-electron chi connectivity index (χ2n) is 5.93. The van der Waals surface area contributed by atoms with E-state index in [-0.39, 0.29) is 21.6 Å². The van der Waals surface area contributed by atoms with E-state index >= 15 is 0 Å². The van der Waals surface area contributed by atoms with Gasteiger partial charge in [0, 0.05) is 17.5 Å². The lowest BCUT2D eigenvalue weighted by Crippen LogP contribution is -2.16. The number of carbonyl (C=O) groups is 1. The van der Waals surface area contributed by atoms with Crippen LogP contribution in [0.5, 0.6) is 0 Å². The van der Waals surface area contributed by atoms with Crippen molar-refractivity contribution in [3.8, 4) is 11.8 Å². The molecule has 7 heteroatoms. The fourth-order valence-corrected chi connectivity index (χ4v) is 4.13. The number of carbonyl (C=O) groups excluding carboxylic acids is 1. The highest BCUT2D eigenvalue weighted by Crippen LogP contribution is 2.33. The van der Waals surface area contributed by atoms with Crippen LogP contribution in [-0.4, -0.2) is 10.4 Å². The first-order valence-corrected chi connectivity index (χ1v) is 8.96. The van der Waals surface area contributed by atoms with Crippen LogP contribution in [0.2, 0.25) is 0 Å². The number of para-hydroxylation sites is 1. The van der Waals surface area contributed by atoms with Gasteiger partial charge in [-0.15, -0.1) is 11.3 Å². The van der Waals surface area contributed by atoms with Crippen LogP contribution in [0.15, 0.2) is 65.5 Å². The molecule has 0 amide bonds. The number of thiophene rings is 1. The van der Waals surface area contributed by atoms with E-state index < -0.39 is 17.4 Å². The monoisotopic (exact) mass is 392 g/mol. The summed E-state index contributed by atoms with van der Waals surface area (Å²) in [5.41, 5.74) is -0.0834. The molecule has 28 heavy (non-hydrogen) atoms. The predicted molar refractivity (Wildman–Crippen MR) is 102 cm³/mol. The van der Waals surface area contributed by atoms with E-state index in [0.29, 0.717) is 22.0 Å². The van der Waals surface area contributed by atoms with Gasteiger partial charge in [-0.3, -0.25) is 14.2 Å². The Balaban J connectivity index is 2.02. The molecule has 0 spiro atoms. The van der Waals surface area contributed by atoms with Crippen LogP contribution in [0.25, 0.3) is 15.9 Å². The number of hydrogen-bond donors (Lipinski definition) is 0. The molecule has 0 aliphatic heterocycles. The highest BCUT2D eigenvalue weighted by Gasteiger charge is 2.25. The Bertz CT molecular complexity index is 1330. The molecular formula is C21H10F2N2O2S. The maximum absolute atomic E-state index is 14.1. The molecule has 0 aliphatic carbocycles. The summed E-state index contributed by atoms with van der Waals surface area (Å²) >= 11 is 0.976. The summed E-state index contributed by atoms with van der Waals surface area (Å²) < 4.78 is 28.7. The zero-order chi connectivity index (χ0) is 19.8. The smallest absolute Gasteiger partial charge is 0.256 e. The number of fused-ring (bicyclic) bond motifs is 1. The first-order chi connectivity index (χ1) is 13.5. The van der Waals surface area contributed by atoms with Crippen LogP contribution in [-0.2, 0) is 0 Å². The SMILES string of the molecule is N#Cc1sc2c(ccc(=O)n2-c2ccccc2)c1C(=O)c1ccc(F)cc1F. The Morgan fingerprint density at radius 2 is 1.79 bits per heavy atom.